The molecule has 1 aliphatic carbocycles. The Morgan fingerprint density at radius 3 is 2.53 bits per heavy atom. The van der Waals surface area contributed by atoms with Gasteiger partial charge in [-0.25, -0.2) is 13.1 Å². The van der Waals surface area contributed by atoms with Crippen molar-refractivity contribution < 1.29 is 8.42 Å². The molecule has 2 rings (SSSR count). The lowest BCUT2D eigenvalue weighted by Crippen LogP contribution is -2.50. The summed E-state index contributed by atoms with van der Waals surface area (Å²) in [6.45, 7) is 2.67. The van der Waals surface area contributed by atoms with Gasteiger partial charge in [0.25, 0.3) is 0 Å². The molecule has 0 aliphatic heterocycles. The lowest BCUT2D eigenvalue weighted by Gasteiger charge is -2.38. The number of hydrogen-bond donors (Lipinski definition) is 2. The summed E-state index contributed by atoms with van der Waals surface area (Å²) in [6.07, 6.45) is 2.89. The van der Waals surface area contributed by atoms with Crippen molar-refractivity contribution in [2.45, 2.75) is 43.2 Å². The topological polar surface area (TPSA) is 58.2 Å². The van der Waals surface area contributed by atoms with Gasteiger partial charge in [0.1, 0.15) is 0 Å². The van der Waals surface area contributed by atoms with Crippen LogP contribution in [0.3, 0.4) is 0 Å². The Bertz CT molecular complexity index is 568. The van der Waals surface area contributed by atoms with Gasteiger partial charge in [0.15, 0.2) is 0 Å². The van der Waals surface area contributed by atoms with E-state index in [4.69, 9.17) is 0 Å². The third-order valence-corrected chi connectivity index (χ3v) is 6.12. The monoisotopic (exact) mass is 346 g/mol. The molecule has 0 aromatic heterocycles. The first-order valence-corrected chi connectivity index (χ1v) is 8.61. The van der Waals surface area contributed by atoms with Gasteiger partial charge in [-0.2, -0.15) is 0 Å². The van der Waals surface area contributed by atoms with E-state index in [9.17, 15) is 8.42 Å². The van der Waals surface area contributed by atoms with Crippen molar-refractivity contribution in [1.29, 1.82) is 0 Å². The van der Waals surface area contributed by atoms with Gasteiger partial charge in [-0.05, 0) is 66.9 Å². The predicted octanol–water partition coefficient (Wildman–Crippen LogP) is 2.39. The third-order valence-electron chi connectivity index (χ3n) is 3.50. The second-order valence-electron chi connectivity index (χ2n) is 5.31. The summed E-state index contributed by atoms with van der Waals surface area (Å²) < 4.78 is 28.2. The normalized spacial score (nSPS) is 18.1. The van der Waals surface area contributed by atoms with E-state index in [2.05, 4.69) is 26.0 Å². The van der Waals surface area contributed by atoms with E-state index in [-0.39, 0.29) is 5.54 Å². The molecule has 0 bridgehead atoms. The Labute approximate surface area is 123 Å². The van der Waals surface area contributed by atoms with Crippen LogP contribution in [0.25, 0.3) is 0 Å². The number of sulfonamides is 1. The second-order valence-corrected chi connectivity index (χ2v) is 7.82. The highest BCUT2D eigenvalue weighted by molar-refractivity contribution is 9.10. The Balaban J connectivity index is 2.25. The summed E-state index contributed by atoms with van der Waals surface area (Å²) in [5, 5.41) is 3.04. The SMILES string of the molecule is CNCc1ccc(S(=O)(=O)NC2(C)CCC2)c(Br)c1. The molecule has 1 saturated carbocycles. The van der Waals surface area contributed by atoms with Gasteiger partial charge in [-0.15, -0.1) is 0 Å². The Morgan fingerprint density at radius 1 is 1.37 bits per heavy atom. The number of benzene rings is 1. The minimum absolute atomic E-state index is 0.276. The van der Waals surface area contributed by atoms with E-state index in [1.54, 1.807) is 6.07 Å². The van der Waals surface area contributed by atoms with Crippen LogP contribution in [0.1, 0.15) is 31.7 Å². The first-order valence-electron chi connectivity index (χ1n) is 6.33. The summed E-state index contributed by atoms with van der Waals surface area (Å²) in [7, 11) is -1.60. The predicted molar refractivity (Wildman–Crippen MR) is 79.5 cm³/mol. The van der Waals surface area contributed by atoms with Crippen LogP contribution in [0.2, 0.25) is 0 Å². The largest absolute Gasteiger partial charge is 0.316 e. The molecule has 6 heteroatoms. The molecular weight excluding hydrogens is 328 g/mol. The minimum Gasteiger partial charge on any atom is -0.316 e. The van der Waals surface area contributed by atoms with E-state index in [1.807, 2.05) is 26.1 Å². The summed E-state index contributed by atoms with van der Waals surface area (Å²) in [5.74, 6) is 0. The number of rotatable bonds is 5. The number of hydrogen-bond acceptors (Lipinski definition) is 3. The van der Waals surface area contributed by atoms with E-state index in [0.29, 0.717) is 15.9 Å². The van der Waals surface area contributed by atoms with Crippen LogP contribution < -0.4 is 10.0 Å². The molecule has 1 fully saturated rings. The highest BCUT2D eigenvalue weighted by Gasteiger charge is 2.36. The molecule has 0 atom stereocenters. The second kappa shape index (κ2) is 5.52. The fraction of sp³-hybridized carbons (Fsp3) is 0.538. The Hall–Kier alpha value is -0.430. The molecule has 0 heterocycles. The standard InChI is InChI=1S/C13H19BrN2O2S/c1-13(6-3-7-13)16-19(17,18)12-5-4-10(9-15-2)8-11(12)14/h4-5,8,15-16H,3,6-7,9H2,1-2H3. The van der Waals surface area contributed by atoms with E-state index >= 15 is 0 Å². The molecule has 4 nitrogen and oxygen atoms in total. The maximum absolute atomic E-state index is 12.4. The van der Waals surface area contributed by atoms with Crippen LogP contribution in [0.4, 0.5) is 0 Å². The minimum atomic E-state index is -3.46. The van der Waals surface area contributed by atoms with Crippen molar-refractivity contribution in [1.82, 2.24) is 10.0 Å². The first-order chi connectivity index (χ1) is 8.86. The molecule has 1 aromatic rings. The zero-order valence-electron chi connectivity index (χ0n) is 11.2. The third kappa shape index (κ3) is 3.37. The van der Waals surface area contributed by atoms with Gasteiger partial charge >= 0.3 is 0 Å². The van der Waals surface area contributed by atoms with Gasteiger partial charge in [-0.3, -0.25) is 0 Å². The fourth-order valence-electron chi connectivity index (χ4n) is 2.26. The van der Waals surface area contributed by atoms with Crippen LogP contribution in [-0.2, 0) is 16.6 Å². The molecule has 0 unspecified atom stereocenters. The van der Waals surface area contributed by atoms with Crippen LogP contribution >= 0.6 is 15.9 Å². The fourth-order valence-corrected chi connectivity index (χ4v) is 4.86. The zero-order valence-corrected chi connectivity index (χ0v) is 13.6. The first kappa shape index (κ1) is 15.0. The Morgan fingerprint density at radius 2 is 2.05 bits per heavy atom. The van der Waals surface area contributed by atoms with E-state index < -0.39 is 10.0 Å². The van der Waals surface area contributed by atoms with Gasteiger partial charge in [-0.1, -0.05) is 6.07 Å². The molecule has 1 aliphatic rings. The van der Waals surface area contributed by atoms with Gasteiger partial charge in [0.05, 0.1) is 4.90 Å². The lowest BCUT2D eigenvalue weighted by molar-refractivity contribution is 0.248. The average molecular weight is 347 g/mol. The summed E-state index contributed by atoms with van der Waals surface area (Å²) in [4.78, 5) is 0.306. The van der Waals surface area contributed by atoms with Crippen molar-refractivity contribution in [3.05, 3.63) is 28.2 Å². The van der Waals surface area contributed by atoms with Crippen LogP contribution in [0.5, 0.6) is 0 Å². The van der Waals surface area contributed by atoms with Crippen LogP contribution in [0, 0.1) is 0 Å². The molecule has 1 aromatic carbocycles. The van der Waals surface area contributed by atoms with Crippen LogP contribution in [0.15, 0.2) is 27.6 Å². The molecule has 0 radical (unpaired) electrons. The van der Waals surface area contributed by atoms with Gasteiger partial charge < -0.3 is 5.32 Å². The molecule has 0 saturated heterocycles. The average Bonchev–Trinajstić information content (AvgIpc) is 2.26. The van der Waals surface area contributed by atoms with E-state index in [0.717, 1.165) is 24.8 Å². The number of halogens is 1. The quantitative estimate of drug-likeness (QED) is 0.860. The highest BCUT2D eigenvalue weighted by Crippen LogP contribution is 2.33. The van der Waals surface area contributed by atoms with Crippen molar-refractivity contribution >= 4 is 26.0 Å². The van der Waals surface area contributed by atoms with Gasteiger partial charge in [0, 0.05) is 16.6 Å². The maximum Gasteiger partial charge on any atom is 0.242 e. The lowest BCUT2D eigenvalue weighted by atomic mass is 9.80. The molecule has 106 valence electrons. The van der Waals surface area contributed by atoms with Crippen molar-refractivity contribution in [2.75, 3.05) is 7.05 Å². The molecule has 0 amide bonds. The smallest absolute Gasteiger partial charge is 0.242 e. The zero-order chi connectivity index (χ0) is 14.1. The Kier molecular flexibility index (Phi) is 4.35. The van der Waals surface area contributed by atoms with Crippen molar-refractivity contribution in [3.63, 3.8) is 0 Å². The molecule has 2 N–H and O–H groups in total. The molecule has 0 spiro atoms. The molecule has 19 heavy (non-hydrogen) atoms. The molecular formula is C13H19BrN2O2S. The highest BCUT2D eigenvalue weighted by atomic mass is 79.9. The van der Waals surface area contributed by atoms with Crippen molar-refractivity contribution in [2.24, 2.45) is 0 Å². The maximum atomic E-state index is 12.4. The van der Waals surface area contributed by atoms with Crippen molar-refractivity contribution in [3.8, 4) is 0 Å². The summed E-state index contributed by atoms with van der Waals surface area (Å²) in [5.41, 5.74) is 0.769. The number of nitrogens with one attached hydrogen (secondary N) is 2. The van der Waals surface area contributed by atoms with E-state index in [1.165, 1.54) is 0 Å². The summed E-state index contributed by atoms with van der Waals surface area (Å²) >= 11 is 3.35. The van der Waals surface area contributed by atoms with Crippen LogP contribution in [-0.4, -0.2) is 21.0 Å². The van der Waals surface area contributed by atoms with Gasteiger partial charge in [0.2, 0.25) is 10.0 Å². The summed E-state index contributed by atoms with van der Waals surface area (Å²) in [6, 6.07) is 5.33.